The average Bonchev–Trinajstić information content (AvgIpc) is 2.86. The first kappa shape index (κ1) is 28.3. The summed E-state index contributed by atoms with van der Waals surface area (Å²) in [5, 5.41) is 10.6. The van der Waals surface area contributed by atoms with Crippen LogP contribution in [0.25, 0.3) is 10.8 Å². The molecule has 188 valence electrons. The van der Waals surface area contributed by atoms with Gasteiger partial charge in [0, 0.05) is 12.1 Å². The lowest BCUT2D eigenvalue weighted by Gasteiger charge is -2.07. The zero-order valence-electron chi connectivity index (χ0n) is 21.5. The zero-order chi connectivity index (χ0) is 24.1. The van der Waals surface area contributed by atoms with Crippen molar-refractivity contribution in [3.05, 3.63) is 48.0 Å². The summed E-state index contributed by atoms with van der Waals surface area (Å²) >= 11 is 5.34. The Morgan fingerprint density at radius 3 is 1.85 bits per heavy atom. The van der Waals surface area contributed by atoms with E-state index in [9.17, 15) is 0 Å². The lowest BCUT2D eigenvalue weighted by molar-refractivity contribution is 0.529. The summed E-state index contributed by atoms with van der Waals surface area (Å²) in [7, 11) is 0. The van der Waals surface area contributed by atoms with E-state index in [0.717, 1.165) is 18.5 Å². The van der Waals surface area contributed by atoms with E-state index in [0.29, 0.717) is 5.11 Å². The van der Waals surface area contributed by atoms with Gasteiger partial charge in [0.05, 0.1) is 6.21 Å². The fourth-order valence-electron chi connectivity index (χ4n) is 4.44. The van der Waals surface area contributed by atoms with Crippen LogP contribution in [0.15, 0.2) is 47.6 Å². The number of nitrogens with one attached hydrogen (secondary N) is 2. The molecule has 0 unspecified atom stereocenters. The highest BCUT2D eigenvalue weighted by Crippen LogP contribution is 2.17. The van der Waals surface area contributed by atoms with Crippen LogP contribution in [0.2, 0.25) is 0 Å². The van der Waals surface area contributed by atoms with Gasteiger partial charge in [-0.3, -0.25) is 5.43 Å². The second-order valence-corrected chi connectivity index (χ2v) is 9.91. The molecule has 0 spiro atoms. The zero-order valence-corrected chi connectivity index (χ0v) is 22.3. The first-order valence-corrected chi connectivity index (χ1v) is 14.3. The van der Waals surface area contributed by atoms with Crippen LogP contribution in [0.1, 0.15) is 115 Å². The van der Waals surface area contributed by atoms with Gasteiger partial charge in [0.25, 0.3) is 0 Å². The Bertz CT molecular complexity index is 812. The van der Waals surface area contributed by atoms with Gasteiger partial charge in [0.15, 0.2) is 5.11 Å². The summed E-state index contributed by atoms with van der Waals surface area (Å²) in [6.07, 6.45) is 24.1. The smallest absolute Gasteiger partial charge is 0.186 e. The third kappa shape index (κ3) is 13.1. The molecule has 0 atom stereocenters. The van der Waals surface area contributed by atoms with E-state index in [1.165, 1.54) is 107 Å². The number of thiocarbonyl (C=S) groups is 1. The SMILES string of the molecule is CCCCCCCCCCCCCCCCCCNC(=S)N/N=C\c1cccc2ccccc12. The molecule has 0 fully saturated rings. The van der Waals surface area contributed by atoms with Gasteiger partial charge in [0.1, 0.15) is 0 Å². The molecule has 4 heteroatoms. The molecule has 3 nitrogen and oxygen atoms in total. The maximum Gasteiger partial charge on any atom is 0.186 e. The highest BCUT2D eigenvalue weighted by atomic mass is 32.1. The summed E-state index contributed by atoms with van der Waals surface area (Å²) in [6.45, 7) is 3.20. The van der Waals surface area contributed by atoms with Gasteiger partial charge >= 0.3 is 0 Å². The fourth-order valence-corrected chi connectivity index (χ4v) is 4.59. The molecule has 0 saturated heterocycles. The summed E-state index contributed by atoms with van der Waals surface area (Å²) in [5.74, 6) is 0. The van der Waals surface area contributed by atoms with Crippen LogP contribution < -0.4 is 10.7 Å². The molecule has 0 heterocycles. The molecule has 34 heavy (non-hydrogen) atoms. The molecule has 2 N–H and O–H groups in total. The van der Waals surface area contributed by atoms with Gasteiger partial charge in [0.2, 0.25) is 0 Å². The molecule has 0 amide bonds. The van der Waals surface area contributed by atoms with Crippen LogP contribution >= 0.6 is 12.2 Å². The van der Waals surface area contributed by atoms with Crippen molar-refractivity contribution in [2.75, 3.05) is 6.54 Å². The Labute approximate surface area is 214 Å². The van der Waals surface area contributed by atoms with Crippen molar-refractivity contribution in [3.8, 4) is 0 Å². The predicted octanol–water partition coefficient (Wildman–Crippen LogP) is 8.90. The quantitative estimate of drug-likeness (QED) is 0.0910. The first-order valence-electron chi connectivity index (χ1n) is 13.9. The number of hydrogen-bond acceptors (Lipinski definition) is 2. The van der Waals surface area contributed by atoms with Crippen molar-refractivity contribution >= 4 is 34.3 Å². The van der Waals surface area contributed by atoms with E-state index in [1.54, 1.807) is 0 Å². The number of unbranched alkanes of at least 4 members (excludes halogenated alkanes) is 15. The molecular formula is C30H47N3S. The minimum absolute atomic E-state index is 0.595. The Hall–Kier alpha value is -1.94. The average molecular weight is 482 g/mol. The monoisotopic (exact) mass is 481 g/mol. The van der Waals surface area contributed by atoms with E-state index in [-0.39, 0.29) is 0 Å². The Balaban J connectivity index is 1.37. The summed E-state index contributed by atoms with van der Waals surface area (Å²) in [4.78, 5) is 0. The lowest BCUT2D eigenvalue weighted by Crippen LogP contribution is -2.32. The van der Waals surface area contributed by atoms with E-state index >= 15 is 0 Å². The Kier molecular flexibility index (Phi) is 16.1. The Morgan fingerprint density at radius 2 is 1.24 bits per heavy atom. The number of fused-ring (bicyclic) bond motifs is 1. The summed E-state index contributed by atoms with van der Waals surface area (Å²) in [5.41, 5.74) is 4.03. The standard InChI is InChI=1S/C30H47N3S/c1-2-3-4-5-6-7-8-9-10-11-12-13-14-15-16-19-25-31-30(34)33-32-26-28-23-20-22-27-21-17-18-24-29(27)28/h17-18,20-24,26H,2-16,19,25H2,1H3,(H2,31,33,34)/b32-26-. The van der Waals surface area contributed by atoms with Crippen LogP contribution in [0, 0.1) is 0 Å². The van der Waals surface area contributed by atoms with Gasteiger partial charge in [-0.05, 0) is 29.4 Å². The van der Waals surface area contributed by atoms with Crippen LogP contribution in [-0.4, -0.2) is 17.9 Å². The number of nitrogens with zero attached hydrogens (tertiary/aromatic N) is 1. The molecule has 2 rings (SSSR count). The third-order valence-electron chi connectivity index (χ3n) is 6.51. The molecule has 0 aliphatic carbocycles. The molecule has 0 aliphatic heterocycles. The van der Waals surface area contributed by atoms with Crippen LogP contribution in [0.5, 0.6) is 0 Å². The summed E-state index contributed by atoms with van der Waals surface area (Å²) < 4.78 is 0. The normalized spacial score (nSPS) is 11.3. The Morgan fingerprint density at radius 1 is 0.706 bits per heavy atom. The van der Waals surface area contributed by atoms with E-state index in [2.05, 4.69) is 65.2 Å². The molecule has 0 saturated carbocycles. The van der Waals surface area contributed by atoms with Crippen molar-refractivity contribution in [1.82, 2.24) is 10.7 Å². The van der Waals surface area contributed by atoms with Crippen molar-refractivity contribution < 1.29 is 0 Å². The van der Waals surface area contributed by atoms with Crippen molar-refractivity contribution in [2.45, 2.75) is 110 Å². The predicted molar refractivity (Wildman–Crippen MR) is 155 cm³/mol. The molecule has 2 aromatic rings. The highest BCUT2D eigenvalue weighted by Gasteiger charge is 1.98. The van der Waals surface area contributed by atoms with Crippen LogP contribution in [0.3, 0.4) is 0 Å². The minimum Gasteiger partial charge on any atom is -0.361 e. The molecule has 0 bridgehead atoms. The van der Waals surface area contributed by atoms with Gasteiger partial charge in [-0.15, -0.1) is 0 Å². The minimum atomic E-state index is 0.595. The molecule has 0 radical (unpaired) electrons. The number of hydrazone groups is 1. The van der Waals surface area contributed by atoms with E-state index in [4.69, 9.17) is 12.2 Å². The van der Waals surface area contributed by atoms with Crippen LogP contribution in [0.4, 0.5) is 0 Å². The fraction of sp³-hybridized carbons (Fsp3) is 0.600. The van der Waals surface area contributed by atoms with E-state index in [1.807, 2.05) is 6.21 Å². The van der Waals surface area contributed by atoms with E-state index < -0.39 is 0 Å². The van der Waals surface area contributed by atoms with Gasteiger partial charge in [-0.25, -0.2) is 0 Å². The van der Waals surface area contributed by atoms with Gasteiger partial charge in [-0.1, -0.05) is 146 Å². The number of rotatable bonds is 19. The topological polar surface area (TPSA) is 36.4 Å². The summed E-state index contributed by atoms with van der Waals surface area (Å²) in [6, 6.07) is 14.6. The maximum absolute atomic E-state index is 5.34. The maximum atomic E-state index is 5.34. The number of hydrogen-bond donors (Lipinski definition) is 2. The molecule has 0 aliphatic rings. The number of benzene rings is 2. The largest absolute Gasteiger partial charge is 0.361 e. The van der Waals surface area contributed by atoms with Gasteiger partial charge < -0.3 is 5.32 Å². The second-order valence-electron chi connectivity index (χ2n) is 9.50. The highest BCUT2D eigenvalue weighted by molar-refractivity contribution is 7.80. The van der Waals surface area contributed by atoms with Crippen molar-refractivity contribution in [1.29, 1.82) is 0 Å². The van der Waals surface area contributed by atoms with Crippen LogP contribution in [-0.2, 0) is 0 Å². The van der Waals surface area contributed by atoms with Gasteiger partial charge in [-0.2, -0.15) is 5.10 Å². The lowest BCUT2D eigenvalue weighted by atomic mass is 10.0. The molecule has 0 aromatic heterocycles. The second kappa shape index (κ2) is 19.4. The first-order chi connectivity index (χ1) is 16.8. The van der Waals surface area contributed by atoms with Crippen molar-refractivity contribution in [3.63, 3.8) is 0 Å². The molecule has 2 aromatic carbocycles. The third-order valence-corrected chi connectivity index (χ3v) is 6.74. The molecular weight excluding hydrogens is 434 g/mol. The van der Waals surface area contributed by atoms with Crippen molar-refractivity contribution in [2.24, 2.45) is 5.10 Å².